The quantitative estimate of drug-likeness (QED) is 0.220. The molecule has 2 N–H and O–H groups in total. The number of benzene rings is 3. The molecule has 1 fully saturated rings. The van der Waals surface area contributed by atoms with Crippen LogP contribution in [0.15, 0.2) is 78.9 Å². The number of ether oxygens (including phenoxy) is 1. The SMILES string of the molecule is CC(C)(C)c1ccc(Oc2ccc3c(CC4CCCC4)nc(C(=O)NC(CC(=O)O)c4ccccc4)cc3c2)cc1. The zero-order valence-corrected chi connectivity index (χ0v) is 24.0. The predicted octanol–water partition coefficient (Wildman–Crippen LogP) is 8.00. The molecule has 0 spiro atoms. The molecule has 6 heteroatoms. The average Bonchev–Trinajstić information content (AvgIpc) is 3.45. The molecule has 0 aliphatic heterocycles. The highest BCUT2D eigenvalue weighted by Crippen LogP contribution is 2.33. The van der Waals surface area contributed by atoms with Gasteiger partial charge < -0.3 is 15.2 Å². The number of rotatable bonds is 9. The first-order valence-electron chi connectivity index (χ1n) is 14.5. The summed E-state index contributed by atoms with van der Waals surface area (Å²) < 4.78 is 6.21. The minimum absolute atomic E-state index is 0.0607. The number of aliphatic carboxylic acids is 1. The topological polar surface area (TPSA) is 88.5 Å². The molecule has 1 saturated carbocycles. The Morgan fingerprint density at radius 2 is 1.63 bits per heavy atom. The third-order valence-electron chi connectivity index (χ3n) is 7.91. The van der Waals surface area contributed by atoms with Gasteiger partial charge in [0, 0.05) is 11.1 Å². The van der Waals surface area contributed by atoms with Crippen molar-refractivity contribution in [2.45, 2.75) is 70.8 Å². The van der Waals surface area contributed by atoms with Crippen LogP contribution in [-0.2, 0) is 16.6 Å². The fourth-order valence-electron chi connectivity index (χ4n) is 5.63. The normalized spacial score (nSPS) is 14.6. The van der Waals surface area contributed by atoms with Crippen molar-refractivity contribution in [1.29, 1.82) is 0 Å². The molecule has 5 rings (SSSR count). The summed E-state index contributed by atoms with van der Waals surface area (Å²) in [4.78, 5) is 30.0. The van der Waals surface area contributed by atoms with Crippen LogP contribution in [0.4, 0.5) is 0 Å². The van der Waals surface area contributed by atoms with Crippen molar-refractivity contribution in [2.24, 2.45) is 5.92 Å². The Labute approximate surface area is 241 Å². The molecule has 212 valence electrons. The summed E-state index contributed by atoms with van der Waals surface area (Å²) in [6.45, 7) is 6.54. The van der Waals surface area contributed by atoms with Gasteiger partial charge >= 0.3 is 5.97 Å². The van der Waals surface area contributed by atoms with Crippen LogP contribution in [0, 0.1) is 5.92 Å². The van der Waals surface area contributed by atoms with Crippen molar-refractivity contribution in [3.63, 3.8) is 0 Å². The Bertz CT molecular complexity index is 1520. The fourth-order valence-corrected chi connectivity index (χ4v) is 5.63. The number of hydrogen-bond acceptors (Lipinski definition) is 4. The number of fused-ring (bicyclic) bond motifs is 1. The first kappa shape index (κ1) is 28.3. The van der Waals surface area contributed by atoms with E-state index in [1.54, 1.807) is 6.07 Å². The molecule has 0 radical (unpaired) electrons. The zero-order chi connectivity index (χ0) is 29.0. The van der Waals surface area contributed by atoms with E-state index in [4.69, 9.17) is 9.72 Å². The lowest BCUT2D eigenvalue weighted by Gasteiger charge is -2.19. The van der Waals surface area contributed by atoms with E-state index in [-0.39, 0.29) is 17.5 Å². The molecule has 3 aromatic carbocycles. The van der Waals surface area contributed by atoms with Crippen LogP contribution in [0.25, 0.3) is 10.8 Å². The van der Waals surface area contributed by atoms with E-state index in [0.29, 0.717) is 11.7 Å². The van der Waals surface area contributed by atoms with Gasteiger partial charge in [-0.2, -0.15) is 0 Å². The molecule has 1 aromatic heterocycles. The third kappa shape index (κ3) is 7.12. The lowest BCUT2D eigenvalue weighted by Crippen LogP contribution is -2.31. The van der Waals surface area contributed by atoms with E-state index < -0.39 is 17.9 Å². The lowest BCUT2D eigenvalue weighted by atomic mass is 9.87. The Morgan fingerprint density at radius 1 is 0.951 bits per heavy atom. The Balaban J connectivity index is 1.46. The van der Waals surface area contributed by atoms with Gasteiger partial charge in [-0.25, -0.2) is 4.98 Å². The number of carbonyl (C=O) groups is 2. The predicted molar refractivity (Wildman–Crippen MR) is 162 cm³/mol. The Hall–Kier alpha value is -4.19. The number of carbonyl (C=O) groups excluding carboxylic acids is 1. The number of nitrogens with one attached hydrogen (secondary N) is 1. The molecule has 0 saturated heterocycles. The standard InChI is InChI=1S/C35H38N2O4/c1-35(2,3)26-13-15-27(16-14-26)41-28-17-18-29-25(20-28)21-32(36-31(29)19-23-9-7-8-10-23)34(40)37-30(22-33(38)39)24-11-5-4-6-12-24/h4-6,11-18,20-21,23,30H,7-10,19,22H2,1-3H3,(H,37,40)(H,38,39). The Morgan fingerprint density at radius 3 is 2.29 bits per heavy atom. The van der Waals surface area contributed by atoms with E-state index in [1.807, 2.05) is 60.7 Å². The van der Waals surface area contributed by atoms with E-state index in [1.165, 1.54) is 31.2 Å². The smallest absolute Gasteiger partial charge is 0.305 e. The van der Waals surface area contributed by atoms with Gasteiger partial charge in [0.2, 0.25) is 0 Å². The number of carboxylic acids is 1. The highest BCUT2D eigenvalue weighted by atomic mass is 16.5. The molecule has 1 heterocycles. The molecule has 1 atom stereocenters. The molecule has 1 aliphatic rings. The molecule has 0 bridgehead atoms. The van der Waals surface area contributed by atoms with Crippen LogP contribution < -0.4 is 10.1 Å². The van der Waals surface area contributed by atoms with Crippen LogP contribution >= 0.6 is 0 Å². The van der Waals surface area contributed by atoms with E-state index in [2.05, 4.69) is 38.2 Å². The molecule has 1 aliphatic carbocycles. The second-order valence-electron chi connectivity index (χ2n) is 12.1. The largest absolute Gasteiger partial charge is 0.481 e. The van der Waals surface area contributed by atoms with E-state index >= 15 is 0 Å². The number of hydrogen-bond donors (Lipinski definition) is 2. The summed E-state index contributed by atoms with van der Waals surface area (Å²) in [5, 5.41) is 14.3. The van der Waals surface area contributed by atoms with Gasteiger partial charge in [0.1, 0.15) is 17.2 Å². The van der Waals surface area contributed by atoms with Gasteiger partial charge in [-0.15, -0.1) is 0 Å². The summed E-state index contributed by atoms with van der Waals surface area (Å²) in [5.41, 5.74) is 3.21. The van der Waals surface area contributed by atoms with Crippen molar-refractivity contribution in [2.75, 3.05) is 0 Å². The number of amides is 1. The molecular formula is C35H38N2O4. The first-order valence-corrected chi connectivity index (χ1v) is 14.5. The van der Waals surface area contributed by atoms with Crippen LogP contribution in [0.1, 0.15) is 86.2 Å². The summed E-state index contributed by atoms with van der Waals surface area (Å²) >= 11 is 0. The van der Waals surface area contributed by atoms with Gasteiger partial charge in [-0.05, 0) is 70.7 Å². The zero-order valence-electron chi connectivity index (χ0n) is 24.0. The number of nitrogens with zero attached hydrogens (tertiary/aromatic N) is 1. The van der Waals surface area contributed by atoms with Crippen LogP contribution in [-0.4, -0.2) is 22.0 Å². The van der Waals surface area contributed by atoms with Gasteiger partial charge in [-0.3, -0.25) is 9.59 Å². The second kappa shape index (κ2) is 12.1. The molecule has 1 amide bonds. The Kier molecular flexibility index (Phi) is 8.39. The average molecular weight is 551 g/mol. The van der Waals surface area contributed by atoms with Crippen molar-refractivity contribution >= 4 is 22.6 Å². The van der Waals surface area contributed by atoms with Crippen molar-refractivity contribution in [1.82, 2.24) is 10.3 Å². The highest BCUT2D eigenvalue weighted by molar-refractivity contribution is 5.98. The summed E-state index contributed by atoms with van der Waals surface area (Å²) in [7, 11) is 0. The van der Waals surface area contributed by atoms with E-state index in [0.717, 1.165) is 34.2 Å². The summed E-state index contributed by atoms with van der Waals surface area (Å²) in [6.07, 6.45) is 5.37. The first-order chi connectivity index (χ1) is 19.7. The van der Waals surface area contributed by atoms with Gasteiger partial charge in [0.05, 0.1) is 12.5 Å². The van der Waals surface area contributed by atoms with Crippen molar-refractivity contribution in [3.05, 3.63) is 101 Å². The van der Waals surface area contributed by atoms with Gasteiger partial charge in [-0.1, -0.05) is 88.9 Å². The number of pyridine rings is 1. The minimum atomic E-state index is -0.982. The molecule has 41 heavy (non-hydrogen) atoms. The third-order valence-corrected chi connectivity index (χ3v) is 7.91. The number of aromatic nitrogens is 1. The molecule has 1 unspecified atom stereocenters. The van der Waals surface area contributed by atoms with E-state index in [9.17, 15) is 14.7 Å². The highest BCUT2D eigenvalue weighted by Gasteiger charge is 2.23. The van der Waals surface area contributed by atoms with Gasteiger partial charge in [0.25, 0.3) is 5.91 Å². The second-order valence-corrected chi connectivity index (χ2v) is 12.1. The van der Waals surface area contributed by atoms with Gasteiger partial charge in [0.15, 0.2) is 0 Å². The van der Waals surface area contributed by atoms with Crippen LogP contribution in [0.2, 0.25) is 0 Å². The maximum atomic E-state index is 13.5. The molecule has 6 nitrogen and oxygen atoms in total. The summed E-state index contributed by atoms with van der Waals surface area (Å²) in [6, 6.07) is 24.4. The summed E-state index contributed by atoms with van der Waals surface area (Å²) in [5.74, 6) is 0.599. The monoisotopic (exact) mass is 550 g/mol. The molecular weight excluding hydrogens is 512 g/mol. The fraction of sp³-hybridized carbons (Fsp3) is 0.343. The van der Waals surface area contributed by atoms with Crippen LogP contribution in [0.3, 0.4) is 0 Å². The molecule has 4 aromatic rings. The van der Waals surface area contributed by atoms with Crippen molar-refractivity contribution < 1.29 is 19.4 Å². The van der Waals surface area contributed by atoms with Crippen molar-refractivity contribution in [3.8, 4) is 11.5 Å². The maximum absolute atomic E-state index is 13.5. The number of carboxylic acid groups (broad SMARTS) is 1. The minimum Gasteiger partial charge on any atom is -0.481 e. The van der Waals surface area contributed by atoms with Crippen LogP contribution in [0.5, 0.6) is 11.5 Å². The maximum Gasteiger partial charge on any atom is 0.305 e. The lowest BCUT2D eigenvalue weighted by molar-refractivity contribution is -0.137.